The first kappa shape index (κ1) is 33.4. The number of fused-ring (bicyclic) bond motifs is 1. The lowest BCUT2D eigenvalue weighted by Gasteiger charge is -2.33. The molecule has 2 aliphatic rings. The number of amides is 3. The van der Waals surface area contributed by atoms with E-state index in [9.17, 15) is 22.8 Å². The number of benzene rings is 2. The fraction of sp³-hybridized carbons (Fsp3) is 0.531. The molecule has 0 aromatic heterocycles. The maximum absolute atomic E-state index is 14.2. The van der Waals surface area contributed by atoms with Gasteiger partial charge in [0.05, 0.1) is 19.4 Å². The van der Waals surface area contributed by atoms with Gasteiger partial charge in [-0.2, -0.15) is 0 Å². The molecule has 3 amide bonds. The Hall–Kier alpha value is -3.48. The van der Waals surface area contributed by atoms with E-state index in [0.29, 0.717) is 51.5 Å². The van der Waals surface area contributed by atoms with Gasteiger partial charge < -0.3 is 25.6 Å². The summed E-state index contributed by atoms with van der Waals surface area (Å²) in [6.45, 7) is 0.584. The van der Waals surface area contributed by atoms with Crippen LogP contribution in [0.15, 0.2) is 54.6 Å². The second-order valence-corrected chi connectivity index (χ2v) is 13.5. The van der Waals surface area contributed by atoms with Crippen LogP contribution in [0, 0.1) is 5.92 Å². The smallest absolute Gasteiger partial charge is 0.246 e. The summed E-state index contributed by atoms with van der Waals surface area (Å²) in [5.41, 5.74) is 2.04. The Balaban J connectivity index is 1.47. The molecule has 0 radical (unpaired) electrons. The van der Waals surface area contributed by atoms with Gasteiger partial charge in [0.15, 0.2) is 0 Å². The first-order valence-electron chi connectivity index (χ1n) is 15.3. The average molecular weight is 628 g/mol. The van der Waals surface area contributed by atoms with Crippen molar-refractivity contribution in [2.24, 2.45) is 5.92 Å². The molecule has 4 N–H and O–H groups in total. The fourth-order valence-corrected chi connectivity index (χ4v) is 6.77. The molecule has 0 saturated carbocycles. The van der Waals surface area contributed by atoms with Gasteiger partial charge in [0.1, 0.15) is 17.8 Å². The zero-order valence-corrected chi connectivity index (χ0v) is 26.6. The molecule has 2 aliphatic heterocycles. The van der Waals surface area contributed by atoms with Crippen LogP contribution in [0.5, 0.6) is 5.75 Å². The van der Waals surface area contributed by atoms with Crippen LogP contribution in [0.4, 0.5) is 0 Å². The Morgan fingerprint density at radius 3 is 2.34 bits per heavy atom. The van der Waals surface area contributed by atoms with Crippen LogP contribution in [0.2, 0.25) is 0 Å². The van der Waals surface area contributed by atoms with Crippen molar-refractivity contribution in [2.45, 2.75) is 69.1 Å². The normalized spacial score (nSPS) is 22.5. The van der Waals surface area contributed by atoms with Crippen molar-refractivity contribution < 1.29 is 27.5 Å². The van der Waals surface area contributed by atoms with E-state index < -0.39 is 28.1 Å². The third-order valence-electron chi connectivity index (χ3n) is 8.66. The molecule has 240 valence electrons. The van der Waals surface area contributed by atoms with Gasteiger partial charge in [-0.05, 0) is 81.2 Å². The van der Waals surface area contributed by atoms with Crippen molar-refractivity contribution in [1.82, 2.24) is 25.6 Å². The molecule has 0 unspecified atom stereocenters. The highest BCUT2D eigenvalue weighted by Crippen LogP contribution is 2.35. The van der Waals surface area contributed by atoms with Crippen LogP contribution in [-0.4, -0.2) is 88.7 Å². The number of nitrogens with zero attached hydrogens (tertiary/aromatic N) is 1. The van der Waals surface area contributed by atoms with Crippen molar-refractivity contribution in [3.05, 3.63) is 65.7 Å². The molecular formula is C32H45N5O6S. The number of ether oxygens (including phenoxy) is 1. The zero-order valence-electron chi connectivity index (χ0n) is 25.8. The SMILES string of the molecule is CN[C@H](Cc1ccccc1)C(=O)N[C@@H]1C(=O)N2[C@@H](CC[C@@H]1CCNS(C)(=O)=O)CC[C@H]2C(=O)NCCc1ccc(OC)cc1. The van der Waals surface area contributed by atoms with Crippen molar-refractivity contribution >= 4 is 27.7 Å². The van der Waals surface area contributed by atoms with E-state index in [1.54, 1.807) is 19.1 Å². The van der Waals surface area contributed by atoms with Crippen LogP contribution in [-0.2, 0) is 37.2 Å². The Bertz CT molecular complexity index is 1370. The lowest BCUT2D eigenvalue weighted by Crippen LogP contribution is -2.58. The number of sulfonamides is 1. The van der Waals surface area contributed by atoms with Crippen molar-refractivity contribution in [1.29, 1.82) is 0 Å². The summed E-state index contributed by atoms with van der Waals surface area (Å²) in [4.78, 5) is 42.9. The number of hydrogen-bond acceptors (Lipinski definition) is 7. The van der Waals surface area contributed by atoms with Crippen molar-refractivity contribution in [2.75, 3.05) is 33.5 Å². The average Bonchev–Trinajstić information content (AvgIpc) is 3.39. The van der Waals surface area contributed by atoms with Gasteiger partial charge in [-0.1, -0.05) is 42.5 Å². The molecule has 0 spiro atoms. The van der Waals surface area contributed by atoms with Gasteiger partial charge in [-0.15, -0.1) is 0 Å². The third kappa shape index (κ3) is 9.02. The lowest BCUT2D eigenvalue weighted by atomic mass is 9.90. The van der Waals surface area contributed by atoms with Crippen molar-refractivity contribution in [3.8, 4) is 5.75 Å². The molecule has 2 saturated heterocycles. The topological polar surface area (TPSA) is 146 Å². The van der Waals surface area contributed by atoms with E-state index in [-0.39, 0.29) is 36.2 Å². The third-order valence-corrected chi connectivity index (χ3v) is 9.39. The summed E-state index contributed by atoms with van der Waals surface area (Å²) in [5.74, 6) is -0.322. The highest BCUT2D eigenvalue weighted by atomic mass is 32.2. The molecule has 4 rings (SSSR count). The molecule has 5 atom stereocenters. The van der Waals surface area contributed by atoms with Gasteiger partial charge in [0.25, 0.3) is 0 Å². The van der Waals surface area contributed by atoms with Crippen molar-refractivity contribution in [3.63, 3.8) is 0 Å². The Morgan fingerprint density at radius 1 is 0.977 bits per heavy atom. The van der Waals surface area contributed by atoms with E-state index in [1.807, 2.05) is 54.6 Å². The number of carbonyl (C=O) groups is 3. The summed E-state index contributed by atoms with van der Waals surface area (Å²) in [6, 6.07) is 15.1. The molecule has 0 aliphatic carbocycles. The van der Waals surface area contributed by atoms with E-state index >= 15 is 0 Å². The minimum atomic E-state index is -3.41. The summed E-state index contributed by atoms with van der Waals surface area (Å²) < 4.78 is 31.2. The van der Waals surface area contributed by atoms with E-state index in [0.717, 1.165) is 23.1 Å². The Labute approximate surface area is 260 Å². The highest BCUT2D eigenvalue weighted by Gasteiger charge is 2.47. The second-order valence-electron chi connectivity index (χ2n) is 11.7. The number of likely N-dealkylation sites (N-methyl/N-ethyl adjacent to an activating group) is 1. The first-order chi connectivity index (χ1) is 21.1. The second kappa shape index (κ2) is 15.5. The molecule has 0 bridgehead atoms. The molecule has 2 fully saturated rings. The van der Waals surface area contributed by atoms with Crippen LogP contribution in [0.1, 0.15) is 43.2 Å². The number of nitrogens with one attached hydrogen (secondary N) is 4. The molecule has 2 aromatic rings. The molecule has 2 aromatic carbocycles. The summed E-state index contributed by atoms with van der Waals surface area (Å²) in [6.07, 6.45) is 5.11. The van der Waals surface area contributed by atoms with Crippen LogP contribution in [0.25, 0.3) is 0 Å². The number of rotatable bonds is 14. The monoisotopic (exact) mass is 627 g/mol. The summed E-state index contributed by atoms with van der Waals surface area (Å²) >= 11 is 0. The minimum Gasteiger partial charge on any atom is -0.497 e. The lowest BCUT2D eigenvalue weighted by molar-refractivity contribution is -0.143. The van der Waals surface area contributed by atoms with Gasteiger partial charge in [-0.25, -0.2) is 13.1 Å². The van der Waals surface area contributed by atoms with Gasteiger partial charge in [0.2, 0.25) is 27.7 Å². The Morgan fingerprint density at radius 2 is 1.68 bits per heavy atom. The highest BCUT2D eigenvalue weighted by molar-refractivity contribution is 7.88. The quantitative estimate of drug-likeness (QED) is 0.248. The number of hydrogen-bond donors (Lipinski definition) is 4. The molecule has 11 nitrogen and oxygen atoms in total. The van der Waals surface area contributed by atoms with Gasteiger partial charge in [0, 0.05) is 19.1 Å². The standard InChI is InChI=1S/C32H45N5O6S/c1-33-27(21-23-7-5-4-6-8-23)30(38)36-29-24(18-20-35-44(3,41)42)11-12-25-13-16-28(37(25)32(29)40)31(39)34-19-17-22-9-14-26(43-2)15-10-22/h4-10,14-15,24-25,27-29,33,35H,11-13,16-21H2,1-3H3,(H,34,39)(H,36,38)/t24-,25+,27-,28+,29+/m1/s1. The predicted octanol–water partition coefficient (Wildman–Crippen LogP) is 1.38. The maximum Gasteiger partial charge on any atom is 0.246 e. The summed E-state index contributed by atoms with van der Waals surface area (Å²) in [5, 5.41) is 9.09. The minimum absolute atomic E-state index is 0.114. The van der Waals surface area contributed by atoms with Gasteiger partial charge >= 0.3 is 0 Å². The molecule has 2 heterocycles. The maximum atomic E-state index is 14.2. The Kier molecular flexibility index (Phi) is 11.8. The van der Waals surface area contributed by atoms with Crippen LogP contribution >= 0.6 is 0 Å². The van der Waals surface area contributed by atoms with E-state index in [1.165, 1.54) is 0 Å². The fourth-order valence-electron chi connectivity index (χ4n) is 6.28. The molecule has 12 heteroatoms. The summed E-state index contributed by atoms with van der Waals surface area (Å²) in [7, 11) is -0.0891. The van der Waals surface area contributed by atoms with E-state index in [2.05, 4.69) is 20.7 Å². The van der Waals surface area contributed by atoms with Crippen LogP contribution in [0.3, 0.4) is 0 Å². The number of methoxy groups -OCH3 is 1. The zero-order chi connectivity index (χ0) is 31.7. The van der Waals surface area contributed by atoms with E-state index in [4.69, 9.17) is 4.74 Å². The number of carbonyl (C=O) groups excluding carboxylic acids is 3. The largest absolute Gasteiger partial charge is 0.497 e. The predicted molar refractivity (Wildman–Crippen MR) is 168 cm³/mol. The van der Waals surface area contributed by atoms with Crippen LogP contribution < -0.4 is 25.4 Å². The molecular weight excluding hydrogens is 582 g/mol. The van der Waals surface area contributed by atoms with Gasteiger partial charge in [-0.3, -0.25) is 14.4 Å². The molecule has 44 heavy (non-hydrogen) atoms. The first-order valence-corrected chi connectivity index (χ1v) is 17.2.